The SMILES string of the molecule is N#Cc1ccccc1-c1ccc(COC(=O)c2ccc([N+](=O)[O-])s2)cc1. The molecule has 1 aromatic heterocycles. The van der Waals surface area contributed by atoms with E-state index in [-0.39, 0.29) is 16.5 Å². The van der Waals surface area contributed by atoms with E-state index in [4.69, 9.17) is 4.74 Å². The third kappa shape index (κ3) is 3.77. The number of rotatable bonds is 5. The Bertz CT molecular complexity index is 1000. The van der Waals surface area contributed by atoms with Crippen LogP contribution in [0.25, 0.3) is 11.1 Å². The van der Waals surface area contributed by atoms with Gasteiger partial charge in [-0.3, -0.25) is 10.1 Å². The fourth-order valence-corrected chi connectivity index (χ4v) is 3.08. The first-order chi connectivity index (χ1) is 12.6. The number of ether oxygens (including phenoxy) is 1. The van der Waals surface area contributed by atoms with E-state index in [1.54, 1.807) is 6.07 Å². The summed E-state index contributed by atoms with van der Waals surface area (Å²) >= 11 is 0.784. The molecule has 2 aromatic carbocycles. The molecular formula is C19H12N2O4S. The van der Waals surface area contributed by atoms with Crippen LogP contribution in [0, 0.1) is 21.4 Å². The Morgan fingerprint density at radius 2 is 1.85 bits per heavy atom. The van der Waals surface area contributed by atoms with Gasteiger partial charge in [0.15, 0.2) is 0 Å². The van der Waals surface area contributed by atoms with Crippen molar-refractivity contribution in [2.75, 3.05) is 0 Å². The second-order valence-electron chi connectivity index (χ2n) is 5.33. The van der Waals surface area contributed by atoms with Gasteiger partial charge < -0.3 is 4.74 Å². The van der Waals surface area contributed by atoms with Crippen LogP contribution < -0.4 is 0 Å². The van der Waals surface area contributed by atoms with Gasteiger partial charge in [0.25, 0.3) is 0 Å². The van der Waals surface area contributed by atoms with Crippen molar-refractivity contribution < 1.29 is 14.5 Å². The standard InChI is InChI=1S/C19H12N2O4S/c20-11-15-3-1-2-4-16(15)14-7-5-13(6-8-14)12-25-19(22)17-9-10-18(26-17)21(23)24/h1-10H,12H2. The maximum absolute atomic E-state index is 12.0. The number of carbonyl (C=O) groups excluding carboxylic acids is 1. The first kappa shape index (κ1) is 17.3. The van der Waals surface area contributed by atoms with Gasteiger partial charge in [-0.25, -0.2) is 4.79 Å². The number of hydrogen-bond donors (Lipinski definition) is 0. The number of nitriles is 1. The molecule has 0 radical (unpaired) electrons. The van der Waals surface area contributed by atoms with Crippen LogP contribution in [-0.2, 0) is 11.3 Å². The van der Waals surface area contributed by atoms with Crippen LogP contribution in [0.1, 0.15) is 20.8 Å². The van der Waals surface area contributed by atoms with Gasteiger partial charge in [0.05, 0.1) is 16.6 Å². The zero-order valence-corrected chi connectivity index (χ0v) is 14.2. The van der Waals surface area contributed by atoms with Crippen molar-refractivity contribution >= 4 is 22.3 Å². The molecule has 0 amide bonds. The van der Waals surface area contributed by atoms with E-state index in [1.807, 2.05) is 42.5 Å². The average Bonchev–Trinajstić information content (AvgIpc) is 3.17. The van der Waals surface area contributed by atoms with Gasteiger partial charge in [0, 0.05) is 6.07 Å². The van der Waals surface area contributed by atoms with Crippen LogP contribution in [-0.4, -0.2) is 10.9 Å². The minimum Gasteiger partial charge on any atom is -0.457 e. The van der Waals surface area contributed by atoms with Crippen LogP contribution in [0.2, 0.25) is 0 Å². The molecule has 3 aromatic rings. The van der Waals surface area contributed by atoms with Crippen molar-refractivity contribution in [2.45, 2.75) is 6.61 Å². The maximum Gasteiger partial charge on any atom is 0.348 e. The Hall–Kier alpha value is -3.50. The van der Waals surface area contributed by atoms with Crippen LogP contribution in [0.15, 0.2) is 60.7 Å². The fourth-order valence-electron chi connectivity index (χ4n) is 2.37. The molecule has 128 valence electrons. The van der Waals surface area contributed by atoms with E-state index >= 15 is 0 Å². The number of nitrogens with zero attached hydrogens (tertiary/aromatic N) is 2. The zero-order valence-electron chi connectivity index (χ0n) is 13.4. The summed E-state index contributed by atoms with van der Waals surface area (Å²) in [5.41, 5.74) is 3.10. The molecule has 0 saturated heterocycles. The van der Waals surface area contributed by atoms with E-state index in [9.17, 15) is 20.2 Å². The minimum absolute atomic E-state index is 0.0602. The van der Waals surface area contributed by atoms with Crippen molar-refractivity contribution in [2.24, 2.45) is 0 Å². The largest absolute Gasteiger partial charge is 0.457 e. The number of nitro groups is 1. The molecular weight excluding hydrogens is 352 g/mol. The highest BCUT2D eigenvalue weighted by Crippen LogP contribution is 2.26. The van der Waals surface area contributed by atoms with Crippen molar-refractivity contribution in [1.29, 1.82) is 5.26 Å². The molecule has 0 aliphatic carbocycles. The lowest BCUT2D eigenvalue weighted by Gasteiger charge is -2.07. The Balaban J connectivity index is 1.67. The summed E-state index contributed by atoms with van der Waals surface area (Å²) in [7, 11) is 0. The summed E-state index contributed by atoms with van der Waals surface area (Å²) in [5, 5.41) is 19.7. The van der Waals surface area contributed by atoms with Crippen LogP contribution in [0.5, 0.6) is 0 Å². The highest BCUT2D eigenvalue weighted by Gasteiger charge is 2.16. The van der Waals surface area contributed by atoms with E-state index in [0.717, 1.165) is 28.0 Å². The quantitative estimate of drug-likeness (QED) is 0.376. The average molecular weight is 364 g/mol. The molecule has 7 heteroatoms. The highest BCUT2D eigenvalue weighted by atomic mass is 32.1. The Morgan fingerprint density at radius 3 is 2.50 bits per heavy atom. The molecule has 0 N–H and O–H groups in total. The lowest BCUT2D eigenvalue weighted by Crippen LogP contribution is -2.03. The van der Waals surface area contributed by atoms with Gasteiger partial charge in [-0.2, -0.15) is 5.26 Å². The Kier molecular flexibility index (Phi) is 5.06. The number of hydrogen-bond acceptors (Lipinski definition) is 6. The topological polar surface area (TPSA) is 93.2 Å². The number of esters is 1. The third-order valence-electron chi connectivity index (χ3n) is 3.66. The van der Waals surface area contributed by atoms with Crippen molar-refractivity contribution in [3.63, 3.8) is 0 Å². The van der Waals surface area contributed by atoms with Gasteiger partial charge in [0.1, 0.15) is 11.5 Å². The fraction of sp³-hybridized carbons (Fsp3) is 0.0526. The van der Waals surface area contributed by atoms with Crippen LogP contribution >= 0.6 is 11.3 Å². The third-order valence-corrected chi connectivity index (χ3v) is 4.67. The molecule has 0 saturated carbocycles. The summed E-state index contributed by atoms with van der Waals surface area (Å²) in [6.07, 6.45) is 0. The normalized spacial score (nSPS) is 10.1. The molecule has 6 nitrogen and oxygen atoms in total. The van der Waals surface area contributed by atoms with Gasteiger partial charge in [-0.15, -0.1) is 0 Å². The van der Waals surface area contributed by atoms with Crippen LogP contribution in [0.4, 0.5) is 5.00 Å². The minimum atomic E-state index is -0.595. The monoisotopic (exact) mass is 364 g/mol. The van der Waals surface area contributed by atoms with Crippen molar-refractivity contribution in [3.8, 4) is 17.2 Å². The summed E-state index contributed by atoms with van der Waals surface area (Å²) in [6, 6.07) is 19.5. The number of carbonyl (C=O) groups is 1. The number of thiophene rings is 1. The molecule has 1 heterocycles. The van der Waals surface area contributed by atoms with E-state index in [2.05, 4.69) is 6.07 Å². The summed E-state index contributed by atoms with van der Waals surface area (Å²) < 4.78 is 5.19. The first-order valence-corrected chi connectivity index (χ1v) is 8.40. The van der Waals surface area contributed by atoms with E-state index in [1.165, 1.54) is 12.1 Å². The van der Waals surface area contributed by atoms with Gasteiger partial charge in [0.2, 0.25) is 0 Å². The van der Waals surface area contributed by atoms with E-state index < -0.39 is 10.9 Å². The molecule has 26 heavy (non-hydrogen) atoms. The highest BCUT2D eigenvalue weighted by molar-refractivity contribution is 7.17. The summed E-state index contributed by atoms with van der Waals surface area (Å²) in [6.45, 7) is 0.0602. The molecule has 3 rings (SSSR count). The Labute approximate surface area is 153 Å². The molecule has 0 unspecified atom stereocenters. The predicted molar refractivity (Wildman–Crippen MR) is 96.7 cm³/mol. The first-order valence-electron chi connectivity index (χ1n) is 7.58. The van der Waals surface area contributed by atoms with Crippen molar-refractivity contribution in [1.82, 2.24) is 0 Å². The summed E-state index contributed by atoms with van der Waals surface area (Å²) in [5.74, 6) is -0.595. The number of benzene rings is 2. The molecule has 0 aliphatic heterocycles. The summed E-state index contributed by atoms with van der Waals surface area (Å²) in [4.78, 5) is 22.3. The second kappa shape index (κ2) is 7.59. The molecule has 0 aliphatic rings. The lowest BCUT2D eigenvalue weighted by molar-refractivity contribution is -0.380. The Morgan fingerprint density at radius 1 is 1.12 bits per heavy atom. The van der Waals surface area contributed by atoms with Crippen LogP contribution in [0.3, 0.4) is 0 Å². The van der Waals surface area contributed by atoms with Gasteiger partial charge >= 0.3 is 11.0 Å². The van der Waals surface area contributed by atoms with Gasteiger partial charge in [-0.1, -0.05) is 53.8 Å². The van der Waals surface area contributed by atoms with Crippen molar-refractivity contribution in [3.05, 3.63) is 86.8 Å². The molecule has 0 fully saturated rings. The predicted octanol–water partition coefficient (Wildman–Crippen LogP) is 4.55. The maximum atomic E-state index is 12.0. The lowest BCUT2D eigenvalue weighted by atomic mass is 9.99. The molecule has 0 atom stereocenters. The van der Waals surface area contributed by atoms with E-state index in [0.29, 0.717) is 5.56 Å². The van der Waals surface area contributed by atoms with Gasteiger partial charge in [-0.05, 0) is 28.8 Å². The second-order valence-corrected chi connectivity index (χ2v) is 6.39. The smallest absolute Gasteiger partial charge is 0.348 e. The zero-order chi connectivity index (χ0) is 18.5. The molecule has 0 spiro atoms. The molecule has 0 bridgehead atoms.